The average molecular weight is 347 g/mol. The van der Waals surface area contributed by atoms with Gasteiger partial charge >= 0.3 is 6.03 Å². The van der Waals surface area contributed by atoms with Crippen molar-refractivity contribution in [3.05, 3.63) is 76.1 Å². The van der Waals surface area contributed by atoms with Crippen molar-refractivity contribution < 1.29 is 9.53 Å². The van der Waals surface area contributed by atoms with Crippen molar-refractivity contribution in [2.45, 2.75) is 12.5 Å². The number of hydrogen-bond acceptors (Lipinski definition) is 3. The number of pyridine rings is 1. The van der Waals surface area contributed by atoms with Crippen molar-refractivity contribution in [2.75, 3.05) is 7.11 Å². The summed E-state index contributed by atoms with van der Waals surface area (Å²) >= 11 is 0. The van der Waals surface area contributed by atoms with Gasteiger partial charge in [0.15, 0.2) is 0 Å². The van der Waals surface area contributed by atoms with Crippen molar-refractivity contribution in [3.63, 3.8) is 0 Å². The van der Waals surface area contributed by atoms with E-state index in [2.05, 4.69) is 15.3 Å². The van der Waals surface area contributed by atoms with Crippen molar-refractivity contribution in [3.8, 4) is 5.75 Å². The first kappa shape index (κ1) is 16.1. The molecule has 1 atom stereocenters. The number of hydrogen-bond donors (Lipinski definition) is 2. The summed E-state index contributed by atoms with van der Waals surface area (Å²) in [6.07, 6.45) is 0.453. The number of benzene rings is 2. The summed E-state index contributed by atoms with van der Waals surface area (Å²) in [5.41, 5.74) is 2.31. The number of carbonyl (C=O) groups excluding carboxylic acids is 1. The van der Waals surface area contributed by atoms with Crippen LogP contribution < -0.4 is 15.6 Å². The molecule has 6 heteroatoms. The molecule has 3 aromatic rings. The van der Waals surface area contributed by atoms with E-state index in [1.165, 1.54) is 0 Å². The molecule has 4 rings (SSSR count). The molecule has 1 unspecified atom stereocenters. The largest absolute Gasteiger partial charge is 0.497 e. The van der Waals surface area contributed by atoms with Gasteiger partial charge in [0.05, 0.1) is 24.4 Å². The van der Waals surface area contributed by atoms with Gasteiger partial charge in [-0.05, 0) is 29.8 Å². The summed E-state index contributed by atoms with van der Waals surface area (Å²) in [6.45, 7) is 0. The van der Waals surface area contributed by atoms with E-state index in [9.17, 15) is 9.59 Å². The van der Waals surface area contributed by atoms with E-state index < -0.39 is 6.03 Å². The molecule has 0 radical (unpaired) electrons. The maximum absolute atomic E-state index is 12.5. The first-order chi connectivity index (χ1) is 12.6. The number of aromatic amines is 1. The molecule has 130 valence electrons. The molecule has 0 bridgehead atoms. The standard InChI is InChI=1S/C20H17N3O3/c1-26-14-7-8-16-13(9-14)10-15(19(24)21-16)18-11-17(22-20(25)23-18)12-5-3-2-4-6-12/h2-10,17H,11H2,1H3,(H,21,24)(H,22,25). The molecular formula is C20H17N3O3. The van der Waals surface area contributed by atoms with Gasteiger partial charge < -0.3 is 15.0 Å². The van der Waals surface area contributed by atoms with Crippen LogP contribution in [0.4, 0.5) is 4.79 Å². The van der Waals surface area contributed by atoms with Crippen LogP contribution in [0, 0.1) is 0 Å². The Kier molecular flexibility index (Phi) is 4.01. The molecule has 1 aromatic heterocycles. The highest BCUT2D eigenvalue weighted by Crippen LogP contribution is 2.24. The van der Waals surface area contributed by atoms with Gasteiger partial charge in [0, 0.05) is 17.3 Å². The predicted octanol–water partition coefficient (Wildman–Crippen LogP) is 3.18. The van der Waals surface area contributed by atoms with E-state index in [0.29, 0.717) is 29.0 Å². The highest BCUT2D eigenvalue weighted by atomic mass is 16.5. The zero-order chi connectivity index (χ0) is 18.1. The monoisotopic (exact) mass is 347 g/mol. The summed E-state index contributed by atoms with van der Waals surface area (Å²) in [4.78, 5) is 31.5. The maximum Gasteiger partial charge on any atom is 0.341 e. The molecule has 0 saturated carbocycles. The Hall–Kier alpha value is -3.41. The van der Waals surface area contributed by atoms with E-state index in [0.717, 1.165) is 10.9 Å². The number of urea groups is 1. The van der Waals surface area contributed by atoms with E-state index in [4.69, 9.17) is 4.74 Å². The third-order valence-corrected chi connectivity index (χ3v) is 4.50. The lowest BCUT2D eigenvalue weighted by atomic mass is 9.96. The maximum atomic E-state index is 12.5. The fourth-order valence-corrected chi connectivity index (χ4v) is 3.18. The predicted molar refractivity (Wildman–Crippen MR) is 100.0 cm³/mol. The van der Waals surface area contributed by atoms with Gasteiger partial charge in [0.25, 0.3) is 5.56 Å². The lowest BCUT2D eigenvalue weighted by molar-refractivity contribution is 0.244. The van der Waals surface area contributed by atoms with Crippen LogP contribution in [0.1, 0.15) is 23.6 Å². The van der Waals surface area contributed by atoms with Crippen molar-refractivity contribution in [1.82, 2.24) is 10.3 Å². The fraction of sp³-hybridized carbons (Fsp3) is 0.150. The number of H-pyrrole nitrogens is 1. The molecule has 0 spiro atoms. The van der Waals surface area contributed by atoms with Gasteiger partial charge in [0.2, 0.25) is 0 Å². The van der Waals surface area contributed by atoms with Gasteiger partial charge in [0.1, 0.15) is 5.75 Å². The van der Waals surface area contributed by atoms with Crippen LogP contribution in [0.15, 0.2) is 64.4 Å². The minimum Gasteiger partial charge on any atom is -0.497 e. The summed E-state index contributed by atoms with van der Waals surface area (Å²) in [6, 6.07) is 16.2. The third-order valence-electron chi connectivity index (χ3n) is 4.50. The van der Waals surface area contributed by atoms with Crippen LogP contribution in [0.5, 0.6) is 5.75 Å². The van der Waals surface area contributed by atoms with Crippen LogP contribution in [-0.2, 0) is 0 Å². The highest BCUT2D eigenvalue weighted by molar-refractivity contribution is 6.09. The summed E-state index contributed by atoms with van der Waals surface area (Å²) in [5, 5.41) is 3.67. The van der Waals surface area contributed by atoms with E-state index in [1.54, 1.807) is 25.3 Å². The molecule has 2 heterocycles. The molecule has 0 fully saturated rings. The van der Waals surface area contributed by atoms with Gasteiger partial charge in [-0.3, -0.25) is 4.79 Å². The van der Waals surface area contributed by atoms with Gasteiger partial charge in [-0.2, -0.15) is 4.99 Å². The smallest absolute Gasteiger partial charge is 0.341 e. The second-order valence-corrected chi connectivity index (χ2v) is 6.14. The van der Waals surface area contributed by atoms with E-state index in [-0.39, 0.29) is 11.6 Å². The highest BCUT2D eigenvalue weighted by Gasteiger charge is 2.25. The van der Waals surface area contributed by atoms with Crippen LogP contribution in [0.25, 0.3) is 10.9 Å². The number of ether oxygens (including phenoxy) is 1. The van der Waals surface area contributed by atoms with Crippen LogP contribution in [0.3, 0.4) is 0 Å². The zero-order valence-electron chi connectivity index (χ0n) is 14.2. The van der Waals surface area contributed by atoms with Crippen molar-refractivity contribution >= 4 is 22.6 Å². The first-order valence-corrected chi connectivity index (χ1v) is 8.28. The minimum absolute atomic E-state index is 0.211. The number of methoxy groups -OCH3 is 1. The second-order valence-electron chi connectivity index (χ2n) is 6.14. The topological polar surface area (TPSA) is 83.6 Å². The molecule has 1 aliphatic heterocycles. The summed E-state index contributed by atoms with van der Waals surface area (Å²) < 4.78 is 5.24. The molecule has 0 aliphatic carbocycles. The second kappa shape index (κ2) is 6.48. The van der Waals surface area contributed by atoms with Crippen molar-refractivity contribution in [1.29, 1.82) is 0 Å². The lowest BCUT2D eigenvalue weighted by Crippen LogP contribution is -2.35. The normalized spacial score (nSPS) is 16.9. The Bertz CT molecular complexity index is 1070. The van der Waals surface area contributed by atoms with Crippen LogP contribution >= 0.6 is 0 Å². The Balaban J connectivity index is 1.77. The zero-order valence-corrected chi connectivity index (χ0v) is 14.2. The molecule has 2 amide bonds. The number of amides is 2. The number of fused-ring (bicyclic) bond motifs is 1. The van der Waals surface area contributed by atoms with Crippen LogP contribution in [-0.4, -0.2) is 23.8 Å². The Labute approximate surface area is 149 Å². The summed E-state index contributed by atoms with van der Waals surface area (Å²) in [5.74, 6) is 0.695. The first-order valence-electron chi connectivity index (χ1n) is 8.28. The van der Waals surface area contributed by atoms with E-state index in [1.807, 2.05) is 36.4 Å². The summed E-state index contributed by atoms with van der Waals surface area (Å²) in [7, 11) is 1.59. The molecule has 2 N–H and O–H groups in total. The van der Waals surface area contributed by atoms with Gasteiger partial charge in [-0.25, -0.2) is 4.79 Å². The molecule has 1 aliphatic rings. The minimum atomic E-state index is -0.440. The number of aromatic nitrogens is 1. The third kappa shape index (κ3) is 2.97. The molecular weight excluding hydrogens is 330 g/mol. The lowest BCUT2D eigenvalue weighted by Gasteiger charge is -2.23. The molecule has 0 saturated heterocycles. The van der Waals surface area contributed by atoms with Gasteiger partial charge in [-0.15, -0.1) is 0 Å². The molecule has 6 nitrogen and oxygen atoms in total. The number of nitrogens with zero attached hydrogens (tertiary/aromatic N) is 1. The van der Waals surface area contributed by atoms with E-state index >= 15 is 0 Å². The number of nitrogens with one attached hydrogen (secondary N) is 2. The molecule has 26 heavy (non-hydrogen) atoms. The van der Waals surface area contributed by atoms with Crippen LogP contribution in [0.2, 0.25) is 0 Å². The Morgan fingerprint density at radius 2 is 1.88 bits per heavy atom. The number of rotatable bonds is 3. The average Bonchev–Trinajstić information content (AvgIpc) is 2.67. The Morgan fingerprint density at radius 1 is 1.08 bits per heavy atom. The molecule has 2 aromatic carbocycles. The number of aliphatic imine (C=N–C) groups is 1. The van der Waals surface area contributed by atoms with Gasteiger partial charge in [-0.1, -0.05) is 30.3 Å². The fourth-order valence-electron chi connectivity index (χ4n) is 3.18. The Morgan fingerprint density at radius 3 is 2.65 bits per heavy atom. The number of carbonyl (C=O) groups is 1. The quantitative estimate of drug-likeness (QED) is 0.763. The van der Waals surface area contributed by atoms with Crippen molar-refractivity contribution in [2.24, 2.45) is 4.99 Å². The SMILES string of the molecule is COc1ccc2[nH]c(=O)c(C3=NC(=O)NC(c4ccccc4)C3)cc2c1.